The predicted molar refractivity (Wildman–Crippen MR) is 90.3 cm³/mol. The first-order valence-corrected chi connectivity index (χ1v) is 7.53. The number of nitrogens with one attached hydrogen (secondary N) is 2. The van der Waals surface area contributed by atoms with Crippen molar-refractivity contribution in [2.75, 3.05) is 50.5 Å². The van der Waals surface area contributed by atoms with Crippen molar-refractivity contribution >= 4 is 17.4 Å². The molecule has 0 aromatic heterocycles. The van der Waals surface area contributed by atoms with E-state index >= 15 is 0 Å². The van der Waals surface area contributed by atoms with Gasteiger partial charge in [-0.25, -0.2) is 4.79 Å². The molecule has 2 amide bonds. The van der Waals surface area contributed by atoms with E-state index in [1.54, 1.807) is 0 Å². The quantitative estimate of drug-likeness (QED) is 0.812. The lowest BCUT2D eigenvalue weighted by molar-refractivity contribution is 0.248. The van der Waals surface area contributed by atoms with Gasteiger partial charge >= 0.3 is 6.03 Å². The summed E-state index contributed by atoms with van der Waals surface area (Å²) in [5.41, 5.74) is 3.11. The van der Waals surface area contributed by atoms with Gasteiger partial charge in [0.2, 0.25) is 0 Å². The maximum Gasteiger partial charge on any atom is 0.319 e. The number of amides is 2. The topological polar surface area (TPSA) is 47.6 Å². The van der Waals surface area contributed by atoms with E-state index in [9.17, 15) is 4.79 Å². The SMILES string of the molecule is CCN(CC)CCNC(=O)Nc1ccc(N(C)C)c(C)c1. The molecule has 1 rings (SSSR count). The van der Waals surface area contributed by atoms with Gasteiger partial charge in [-0.15, -0.1) is 0 Å². The Morgan fingerprint density at radius 1 is 1.19 bits per heavy atom. The maximum atomic E-state index is 11.8. The van der Waals surface area contributed by atoms with E-state index in [-0.39, 0.29) is 6.03 Å². The summed E-state index contributed by atoms with van der Waals surface area (Å²) in [7, 11) is 4.02. The second-order valence-electron chi connectivity index (χ2n) is 5.30. The van der Waals surface area contributed by atoms with Gasteiger partial charge in [0.25, 0.3) is 0 Å². The van der Waals surface area contributed by atoms with Crippen molar-refractivity contribution in [3.8, 4) is 0 Å². The standard InChI is InChI=1S/C16H28N4O/c1-6-20(7-2)11-10-17-16(21)18-14-8-9-15(19(4)5)13(3)12-14/h8-9,12H,6-7,10-11H2,1-5H3,(H2,17,18,21). The number of carbonyl (C=O) groups is 1. The van der Waals surface area contributed by atoms with Gasteiger partial charge in [0, 0.05) is 38.6 Å². The van der Waals surface area contributed by atoms with Crippen LogP contribution in [0.25, 0.3) is 0 Å². The fraction of sp³-hybridized carbons (Fsp3) is 0.562. The molecule has 0 aliphatic rings. The summed E-state index contributed by atoms with van der Waals surface area (Å²) in [5, 5.41) is 5.76. The van der Waals surface area contributed by atoms with Gasteiger partial charge in [-0.05, 0) is 43.8 Å². The highest BCUT2D eigenvalue weighted by atomic mass is 16.2. The van der Waals surface area contributed by atoms with Crippen molar-refractivity contribution in [1.29, 1.82) is 0 Å². The molecule has 1 aromatic rings. The summed E-state index contributed by atoms with van der Waals surface area (Å²) in [6, 6.07) is 5.77. The van der Waals surface area contributed by atoms with Crippen molar-refractivity contribution in [3.63, 3.8) is 0 Å². The van der Waals surface area contributed by atoms with Crippen LogP contribution in [0.5, 0.6) is 0 Å². The normalized spacial score (nSPS) is 10.6. The number of likely N-dealkylation sites (N-methyl/N-ethyl adjacent to an activating group) is 1. The molecule has 0 fully saturated rings. The van der Waals surface area contributed by atoms with Crippen molar-refractivity contribution < 1.29 is 4.79 Å². The average Bonchev–Trinajstić information content (AvgIpc) is 2.43. The van der Waals surface area contributed by atoms with Crippen LogP contribution in [0.15, 0.2) is 18.2 Å². The Morgan fingerprint density at radius 3 is 2.38 bits per heavy atom. The molecular weight excluding hydrogens is 264 g/mol. The Labute approximate surface area is 128 Å². The van der Waals surface area contributed by atoms with Crippen LogP contribution in [0.3, 0.4) is 0 Å². The molecule has 0 saturated carbocycles. The van der Waals surface area contributed by atoms with Gasteiger partial charge in [0.15, 0.2) is 0 Å². The summed E-state index contributed by atoms with van der Waals surface area (Å²) >= 11 is 0. The van der Waals surface area contributed by atoms with Crippen LogP contribution in [0.1, 0.15) is 19.4 Å². The Hall–Kier alpha value is -1.75. The van der Waals surface area contributed by atoms with Crippen molar-refractivity contribution in [1.82, 2.24) is 10.2 Å². The lowest BCUT2D eigenvalue weighted by Gasteiger charge is -2.18. The Bertz CT molecular complexity index is 456. The molecule has 0 heterocycles. The fourth-order valence-electron chi connectivity index (χ4n) is 2.28. The molecule has 0 aliphatic carbocycles. The highest BCUT2D eigenvalue weighted by molar-refractivity contribution is 5.89. The van der Waals surface area contributed by atoms with Gasteiger partial charge in [-0.3, -0.25) is 0 Å². The Morgan fingerprint density at radius 2 is 1.86 bits per heavy atom. The molecule has 0 spiro atoms. The van der Waals surface area contributed by atoms with Crippen LogP contribution >= 0.6 is 0 Å². The van der Waals surface area contributed by atoms with E-state index in [4.69, 9.17) is 0 Å². The van der Waals surface area contributed by atoms with Crippen LogP contribution in [0.4, 0.5) is 16.2 Å². The fourth-order valence-corrected chi connectivity index (χ4v) is 2.28. The van der Waals surface area contributed by atoms with Gasteiger partial charge in [-0.2, -0.15) is 0 Å². The molecule has 2 N–H and O–H groups in total. The average molecular weight is 292 g/mol. The van der Waals surface area contributed by atoms with Crippen LogP contribution in [0, 0.1) is 6.92 Å². The molecule has 0 radical (unpaired) electrons. The summed E-state index contributed by atoms with van der Waals surface area (Å²) < 4.78 is 0. The number of hydrogen-bond donors (Lipinski definition) is 2. The monoisotopic (exact) mass is 292 g/mol. The molecule has 1 aromatic carbocycles. The van der Waals surface area contributed by atoms with E-state index < -0.39 is 0 Å². The van der Waals surface area contributed by atoms with Crippen LogP contribution in [-0.4, -0.2) is 51.2 Å². The predicted octanol–water partition coefficient (Wildman–Crippen LogP) is 2.52. The summed E-state index contributed by atoms with van der Waals surface area (Å²) in [6.45, 7) is 9.83. The zero-order valence-electron chi connectivity index (χ0n) is 13.9. The first-order chi connectivity index (χ1) is 9.97. The number of benzene rings is 1. The van der Waals surface area contributed by atoms with E-state index in [1.165, 1.54) is 0 Å². The number of aryl methyl sites for hydroxylation is 1. The number of urea groups is 1. The highest BCUT2D eigenvalue weighted by Crippen LogP contribution is 2.21. The molecule has 5 nitrogen and oxygen atoms in total. The molecule has 5 heteroatoms. The van der Waals surface area contributed by atoms with Crippen molar-refractivity contribution in [2.45, 2.75) is 20.8 Å². The van der Waals surface area contributed by atoms with Crippen LogP contribution < -0.4 is 15.5 Å². The molecular formula is C16H28N4O. The van der Waals surface area contributed by atoms with Crippen molar-refractivity contribution in [2.24, 2.45) is 0 Å². The van der Waals surface area contributed by atoms with E-state index in [2.05, 4.69) is 34.3 Å². The molecule has 0 aliphatic heterocycles. The minimum absolute atomic E-state index is 0.154. The lowest BCUT2D eigenvalue weighted by Crippen LogP contribution is -2.36. The third kappa shape index (κ3) is 5.63. The van der Waals surface area contributed by atoms with Gasteiger partial charge < -0.3 is 20.4 Å². The first-order valence-electron chi connectivity index (χ1n) is 7.53. The summed E-state index contributed by atoms with van der Waals surface area (Å²) in [5.74, 6) is 0. The number of rotatable bonds is 7. The first kappa shape index (κ1) is 17.3. The van der Waals surface area contributed by atoms with Crippen molar-refractivity contribution in [3.05, 3.63) is 23.8 Å². The third-order valence-corrected chi connectivity index (χ3v) is 3.54. The summed E-state index contributed by atoms with van der Waals surface area (Å²) in [6.07, 6.45) is 0. The Kier molecular flexibility index (Phi) is 7.02. The summed E-state index contributed by atoms with van der Waals surface area (Å²) in [4.78, 5) is 16.2. The highest BCUT2D eigenvalue weighted by Gasteiger charge is 2.05. The maximum absolute atomic E-state index is 11.8. The minimum Gasteiger partial charge on any atom is -0.377 e. The van der Waals surface area contributed by atoms with E-state index in [0.717, 1.165) is 36.6 Å². The lowest BCUT2D eigenvalue weighted by atomic mass is 10.1. The zero-order valence-corrected chi connectivity index (χ0v) is 13.9. The third-order valence-electron chi connectivity index (χ3n) is 3.54. The number of carbonyl (C=O) groups excluding carboxylic acids is 1. The molecule has 118 valence electrons. The smallest absolute Gasteiger partial charge is 0.319 e. The Balaban J connectivity index is 2.46. The number of anilines is 2. The second kappa shape index (κ2) is 8.52. The van der Waals surface area contributed by atoms with Gasteiger partial charge in [0.1, 0.15) is 0 Å². The number of hydrogen-bond acceptors (Lipinski definition) is 3. The zero-order chi connectivity index (χ0) is 15.8. The largest absolute Gasteiger partial charge is 0.377 e. The molecule has 0 bridgehead atoms. The van der Waals surface area contributed by atoms with Crippen LogP contribution in [-0.2, 0) is 0 Å². The van der Waals surface area contributed by atoms with E-state index in [1.807, 2.05) is 39.2 Å². The van der Waals surface area contributed by atoms with Gasteiger partial charge in [-0.1, -0.05) is 13.8 Å². The number of nitrogens with zero attached hydrogens (tertiary/aromatic N) is 2. The van der Waals surface area contributed by atoms with Gasteiger partial charge in [0.05, 0.1) is 0 Å². The van der Waals surface area contributed by atoms with Crippen LogP contribution in [0.2, 0.25) is 0 Å². The minimum atomic E-state index is -0.154. The second-order valence-corrected chi connectivity index (χ2v) is 5.30. The van der Waals surface area contributed by atoms with E-state index in [0.29, 0.717) is 6.54 Å². The molecule has 0 atom stereocenters. The molecule has 0 unspecified atom stereocenters. The molecule has 21 heavy (non-hydrogen) atoms. The molecule has 0 saturated heterocycles.